The van der Waals surface area contributed by atoms with Crippen molar-refractivity contribution in [3.05, 3.63) is 118 Å². The zero-order chi connectivity index (χ0) is 80.4. The van der Waals surface area contributed by atoms with Crippen LogP contribution in [0.4, 0.5) is 0 Å². The Kier molecular flexibility index (Phi) is 25.6. The Morgan fingerprint density at radius 3 is 2.00 bits per heavy atom. The second kappa shape index (κ2) is 34.1. The number of carboxylic acid groups (broad SMARTS) is 1. The number of carbonyl (C=O) groups is 9. The highest BCUT2D eigenvalue weighted by atomic mass is 35.5. The van der Waals surface area contributed by atoms with Crippen LogP contribution in [0.3, 0.4) is 0 Å². The first-order valence-electron chi connectivity index (χ1n) is 34.6. The van der Waals surface area contributed by atoms with Crippen molar-refractivity contribution >= 4 is 64.7 Å². The number of ether oxygens (including phenoxy) is 7. The lowest BCUT2D eigenvalue weighted by Crippen LogP contribution is -2.61. The number of primary amides is 1. The predicted molar refractivity (Wildman–Crippen MR) is 377 cm³/mol. The Labute approximate surface area is 631 Å². The lowest BCUT2D eigenvalue weighted by molar-refractivity contribution is -0.291. The quantitative estimate of drug-likeness (QED) is 0.0431. The molecule has 23 N–H and O–H groups in total. The summed E-state index contributed by atoms with van der Waals surface area (Å²) < 4.78 is 42.7. The molecule has 38 heteroatoms. The molecule has 21 unspecified atom stereocenters. The summed E-state index contributed by atoms with van der Waals surface area (Å²) in [5.74, 6) is -17.2. The summed E-state index contributed by atoms with van der Waals surface area (Å²) >= 11 is 7.01. The minimum atomic E-state index is -2.51. The minimum absolute atomic E-state index is 0.0647. The van der Waals surface area contributed by atoms with Crippen LogP contribution in [0.2, 0.25) is 5.02 Å². The fourth-order valence-electron chi connectivity index (χ4n) is 13.3. The van der Waals surface area contributed by atoms with Gasteiger partial charge in [-0.05, 0) is 117 Å². The number of rotatable bonds is 19. The Morgan fingerprint density at radius 2 is 1.35 bits per heavy atom. The van der Waals surface area contributed by atoms with E-state index in [-0.39, 0.29) is 52.0 Å². The molecule has 7 aliphatic heterocycles. The summed E-state index contributed by atoms with van der Waals surface area (Å²) in [4.78, 5) is 132. The van der Waals surface area contributed by atoms with E-state index in [1.165, 1.54) is 58.2 Å². The molecule has 12 rings (SSSR count). The molecular weight excluding hydrogens is 1470 g/mol. The number of aliphatic hydroxyl groups is 8. The standard InChI is InChI=1S/C72H86ClN9O28/c1-26(2)15-38(76-6)64(96)81-53-56(90)31-10-14-44(37(73)17-31)109-46-19-32-18-45(62(46)104-24-42(86)57(91)58(92)43(87)25-105-71-60(94)59(93)55(89)27(3)107-71)108-34-11-7-29(8-12-34)61(110-48-23-72(5,75)63(95)28(4)106-48)54-69(101)80-52(70(102)103)36-20-33(83)21-41(85)49(36)35-16-30(9-13-40(35)84)50(66(98)82-54)79-67(99)51(32)78-65(97)39(22-47(74)88)77-68(53)100/h7-14,16-21,26-28,38-39,42,48,50-61,63,71,76,83-86,89-95H,15,22-25,75H2,1-6H3,(H2,74,88)(H,77,100)(H,78,97)(H,79,99)(H,80,101)(H,81,96)(H,82,98)(H,102,103). The van der Waals surface area contributed by atoms with Crippen LogP contribution in [0.15, 0.2) is 84.9 Å². The second-order valence-electron chi connectivity index (χ2n) is 28.1. The molecule has 0 spiro atoms. The first-order chi connectivity index (χ1) is 51.8. The highest BCUT2D eigenvalue weighted by Crippen LogP contribution is 2.48. The van der Waals surface area contributed by atoms with Gasteiger partial charge in [-0.15, -0.1) is 0 Å². The number of phenols is 3. The van der Waals surface area contributed by atoms with Gasteiger partial charge in [0.1, 0.15) is 121 Å². The molecule has 0 aliphatic carbocycles. The lowest BCUT2D eigenvalue weighted by Gasteiger charge is -2.44. The van der Waals surface area contributed by atoms with Crippen LogP contribution >= 0.6 is 11.6 Å². The average Bonchev–Trinajstić information content (AvgIpc) is 0.770. The van der Waals surface area contributed by atoms with Gasteiger partial charge in [-0.1, -0.05) is 49.7 Å². The van der Waals surface area contributed by atoms with Crippen molar-refractivity contribution in [2.45, 2.75) is 181 Å². The van der Waals surface area contributed by atoms with E-state index >= 15 is 19.2 Å². The molecule has 5 aromatic carbocycles. The van der Waals surface area contributed by atoms with Crippen molar-refractivity contribution in [2.75, 3.05) is 20.3 Å². The predicted octanol–water partition coefficient (Wildman–Crippen LogP) is -1.85. The molecule has 7 amide bonds. The van der Waals surface area contributed by atoms with Gasteiger partial charge in [-0.3, -0.25) is 38.4 Å². The average molecular weight is 1560 g/mol. The smallest absolute Gasteiger partial charge is 0.330 e. The summed E-state index contributed by atoms with van der Waals surface area (Å²) in [7, 11) is 1.46. The van der Waals surface area contributed by atoms with Gasteiger partial charge in [0.15, 0.2) is 35.9 Å². The van der Waals surface area contributed by atoms with Gasteiger partial charge in [0.25, 0.3) is 0 Å². The van der Waals surface area contributed by atoms with Crippen molar-refractivity contribution in [3.63, 3.8) is 0 Å². The summed E-state index contributed by atoms with van der Waals surface area (Å²) in [5.41, 5.74) is 8.20. The number of aliphatic carboxylic acids is 1. The number of aliphatic hydroxyl groups excluding tert-OH is 8. The van der Waals surface area contributed by atoms with Crippen LogP contribution in [0.25, 0.3) is 11.1 Å². The third-order valence-corrected chi connectivity index (χ3v) is 19.5. The Morgan fingerprint density at radius 1 is 0.709 bits per heavy atom. The number of nitrogens with two attached hydrogens (primary N) is 2. The fourth-order valence-corrected chi connectivity index (χ4v) is 13.5. The molecule has 21 atom stereocenters. The number of carboxylic acids is 1. The second-order valence-corrected chi connectivity index (χ2v) is 28.5. The molecule has 37 nitrogen and oxygen atoms in total. The first kappa shape index (κ1) is 82.6. The monoisotopic (exact) mass is 1560 g/mol. The third kappa shape index (κ3) is 18.2. The molecule has 5 aromatic rings. The molecular formula is C72H86ClN9O28. The number of Topliss-reactive ketones (excluding diaryl/α,β-unsaturated/α-hetero) is 1. The zero-order valence-corrected chi connectivity index (χ0v) is 60.4. The van der Waals surface area contributed by atoms with Crippen molar-refractivity contribution < 1.29 is 138 Å². The van der Waals surface area contributed by atoms with Gasteiger partial charge in [0.05, 0.1) is 35.8 Å². The van der Waals surface area contributed by atoms with Crippen LogP contribution in [0.5, 0.6) is 46.0 Å². The van der Waals surface area contributed by atoms with E-state index in [4.69, 9.17) is 56.2 Å². The van der Waals surface area contributed by atoms with Gasteiger partial charge in [-0.25, -0.2) is 4.79 Å². The number of nitrogens with one attached hydrogen (secondary N) is 7. The number of amides is 7. The van der Waals surface area contributed by atoms with Crippen molar-refractivity contribution in [2.24, 2.45) is 17.4 Å². The largest absolute Gasteiger partial charge is 0.508 e. The summed E-state index contributed by atoms with van der Waals surface area (Å²) in [6.45, 7) is 5.59. The first-order valence-corrected chi connectivity index (χ1v) is 35.0. The molecule has 594 valence electrons. The van der Waals surface area contributed by atoms with Gasteiger partial charge < -0.3 is 143 Å². The highest BCUT2D eigenvalue weighted by Gasteiger charge is 2.48. The van der Waals surface area contributed by atoms with Crippen molar-refractivity contribution in [3.8, 4) is 57.1 Å². The summed E-state index contributed by atoms with van der Waals surface area (Å²) in [6.07, 6.45) is -24.5. The summed E-state index contributed by atoms with van der Waals surface area (Å²) in [5, 5.41) is 151. The topological polar surface area (TPSA) is 597 Å². The van der Waals surface area contributed by atoms with E-state index in [2.05, 4.69) is 37.2 Å². The number of aromatic hydroxyl groups is 3. The van der Waals surface area contributed by atoms with Crippen molar-refractivity contribution in [1.82, 2.24) is 37.2 Å². The maximum Gasteiger partial charge on any atom is 0.330 e. The molecule has 2 fully saturated rings. The van der Waals surface area contributed by atoms with Gasteiger partial charge in [-0.2, -0.15) is 0 Å². The third-order valence-electron chi connectivity index (χ3n) is 19.3. The van der Waals surface area contributed by atoms with E-state index in [0.717, 1.165) is 54.6 Å². The van der Waals surface area contributed by atoms with Crippen LogP contribution in [0.1, 0.15) is 112 Å². The van der Waals surface area contributed by atoms with Gasteiger partial charge >= 0.3 is 5.97 Å². The molecule has 7 aliphatic rings. The number of likely N-dealkylation sites (N-methyl/N-ethyl adjacent to an activating group) is 1. The Hall–Kier alpha value is -9.94. The molecule has 110 heavy (non-hydrogen) atoms. The number of hydrogen-bond donors (Lipinski definition) is 21. The molecule has 2 saturated heterocycles. The maximum absolute atomic E-state index is 16.2. The minimum Gasteiger partial charge on any atom is -0.508 e. The lowest BCUT2D eigenvalue weighted by atomic mass is 9.86. The SMILES string of the molecule is CNC(CC(C)C)C(=O)NC1C(=O)NC(CC(N)=O)C(=O)NC2C(=O)NC3C(=O)NC(C(=O)NC(C(=O)O)c4cc(O)cc(O)c4-c4cc3ccc4O)C(OC3CC(C)(N)C(O)C(C)O3)c3ccc(cc3)Oc3cc2cc(c3OCC(O)C(O)C(O)C(=O)COC2OC(C)C(O)C(O)C2O)Oc2ccc(cc2Cl)C1O. The molecule has 11 bridgehead atoms. The number of fused-ring (bicyclic) bond motifs is 15. The van der Waals surface area contributed by atoms with E-state index < -0.39 is 257 Å². The number of hydrogen-bond acceptors (Lipinski definition) is 29. The van der Waals surface area contributed by atoms with E-state index in [0.29, 0.717) is 0 Å². The molecule has 0 saturated carbocycles. The fraction of sp³-hybridized carbons (Fsp3) is 0.458. The number of benzene rings is 5. The van der Waals surface area contributed by atoms with E-state index in [1.807, 2.05) is 0 Å². The highest BCUT2D eigenvalue weighted by molar-refractivity contribution is 6.32. The zero-order valence-electron chi connectivity index (χ0n) is 59.7. The number of ketones is 1. The molecule has 0 radical (unpaired) electrons. The normalized spacial score (nSPS) is 28.9. The van der Waals surface area contributed by atoms with Crippen LogP contribution < -0.4 is 62.9 Å². The van der Waals surface area contributed by atoms with Crippen LogP contribution in [-0.2, 0) is 62.1 Å². The summed E-state index contributed by atoms with van der Waals surface area (Å²) in [6, 6.07) is 0.935. The van der Waals surface area contributed by atoms with E-state index in [9.17, 15) is 85.3 Å². The molecule has 0 aromatic heterocycles. The van der Waals surface area contributed by atoms with Gasteiger partial charge in [0, 0.05) is 34.7 Å². The van der Waals surface area contributed by atoms with E-state index in [1.54, 1.807) is 13.8 Å². The Bertz CT molecular complexity index is 4330. The van der Waals surface area contributed by atoms with Crippen molar-refractivity contribution in [1.29, 1.82) is 0 Å². The number of phenolic OH excluding ortho intramolecular Hbond substituents is 3. The Balaban J connectivity index is 1.19. The van der Waals surface area contributed by atoms with Gasteiger partial charge in [0.2, 0.25) is 47.1 Å². The number of halogens is 1. The number of carbonyl (C=O) groups excluding carboxylic acids is 8. The van der Waals surface area contributed by atoms with Crippen LogP contribution in [-0.4, -0.2) is 232 Å². The molecule has 7 heterocycles. The maximum atomic E-state index is 16.2. The van der Waals surface area contributed by atoms with Crippen LogP contribution in [0, 0.1) is 5.92 Å².